The number of hydrogen-bond acceptors (Lipinski definition) is 3. The molecule has 1 heterocycles. The van der Waals surface area contributed by atoms with Crippen LogP contribution in [-0.2, 0) is 6.61 Å². The Morgan fingerprint density at radius 3 is 2.75 bits per heavy atom. The minimum atomic E-state index is -0.0784. The summed E-state index contributed by atoms with van der Waals surface area (Å²) in [7, 11) is 0. The van der Waals surface area contributed by atoms with Gasteiger partial charge >= 0.3 is 0 Å². The Balaban J connectivity index is 2.20. The third kappa shape index (κ3) is 2.58. The first kappa shape index (κ1) is 10.6. The van der Waals surface area contributed by atoms with Crippen molar-refractivity contribution < 1.29 is 9.84 Å². The van der Waals surface area contributed by atoms with E-state index in [1.807, 2.05) is 37.3 Å². The molecule has 0 bridgehead atoms. The van der Waals surface area contributed by atoms with E-state index in [0.29, 0.717) is 11.6 Å². The standard InChI is InChI=1S/C13H13NO2/c1-10-4-2-6-12(8-10)16-13-7-3-5-11(9-15)14-13/h2-8,15H,9H2,1H3. The average molecular weight is 215 g/mol. The average Bonchev–Trinajstić information content (AvgIpc) is 2.29. The molecule has 0 saturated heterocycles. The molecule has 0 aliphatic rings. The van der Waals surface area contributed by atoms with Crippen LogP contribution in [0.25, 0.3) is 0 Å². The Morgan fingerprint density at radius 2 is 2.00 bits per heavy atom. The van der Waals surface area contributed by atoms with Crippen LogP contribution in [0.1, 0.15) is 11.3 Å². The monoisotopic (exact) mass is 215 g/mol. The zero-order valence-corrected chi connectivity index (χ0v) is 9.05. The first-order valence-corrected chi connectivity index (χ1v) is 5.09. The van der Waals surface area contributed by atoms with Gasteiger partial charge in [0.1, 0.15) is 5.75 Å². The molecule has 0 saturated carbocycles. The van der Waals surface area contributed by atoms with Gasteiger partial charge in [-0.05, 0) is 30.7 Å². The molecule has 0 aliphatic heterocycles. The van der Waals surface area contributed by atoms with Crippen LogP contribution < -0.4 is 4.74 Å². The number of aliphatic hydroxyl groups is 1. The van der Waals surface area contributed by atoms with Gasteiger partial charge < -0.3 is 9.84 Å². The summed E-state index contributed by atoms with van der Waals surface area (Å²) in [6, 6.07) is 13.1. The Bertz CT molecular complexity index is 483. The van der Waals surface area contributed by atoms with Gasteiger partial charge in [0.25, 0.3) is 0 Å². The van der Waals surface area contributed by atoms with Crippen LogP contribution in [-0.4, -0.2) is 10.1 Å². The Hall–Kier alpha value is -1.87. The summed E-state index contributed by atoms with van der Waals surface area (Å²) >= 11 is 0. The smallest absolute Gasteiger partial charge is 0.219 e. The molecule has 1 aromatic carbocycles. The third-order valence-electron chi connectivity index (χ3n) is 2.16. The van der Waals surface area contributed by atoms with Crippen molar-refractivity contribution in [1.82, 2.24) is 4.98 Å². The summed E-state index contributed by atoms with van der Waals surface area (Å²) in [4.78, 5) is 4.14. The minimum absolute atomic E-state index is 0.0784. The van der Waals surface area contributed by atoms with E-state index in [2.05, 4.69) is 4.98 Å². The zero-order chi connectivity index (χ0) is 11.4. The van der Waals surface area contributed by atoms with Gasteiger partial charge in [0.05, 0.1) is 12.3 Å². The fourth-order valence-electron chi connectivity index (χ4n) is 1.40. The third-order valence-corrected chi connectivity index (χ3v) is 2.16. The second kappa shape index (κ2) is 4.77. The van der Waals surface area contributed by atoms with Crippen LogP contribution in [0.3, 0.4) is 0 Å². The summed E-state index contributed by atoms with van der Waals surface area (Å²) in [6.45, 7) is 1.93. The van der Waals surface area contributed by atoms with Gasteiger partial charge in [-0.25, -0.2) is 4.98 Å². The lowest BCUT2D eigenvalue weighted by atomic mass is 10.2. The topological polar surface area (TPSA) is 42.4 Å². The number of nitrogens with zero attached hydrogens (tertiary/aromatic N) is 1. The van der Waals surface area contributed by atoms with Crippen LogP contribution >= 0.6 is 0 Å². The van der Waals surface area contributed by atoms with Gasteiger partial charge in [-0.15, -0.1) is 0 Å². The maximum Gasteiger partial charge on any atom is 0.219 e. The molecular weight excluding hydrogens is 202 g/mol. The lowest BCUT2D eigenvalue weighted by Crippen LogP contribution is -1.92. The van der Waals surface area contributed by atoms with Crippen molar-refractivity contribution in [3.8, 4) is 11.6 Å². The molecule has 0 radical (unpaired) electrons. The molecule has 2 aromatic rings. The second-order valence-corrected chi connectivity index (χ2v) is 3.54. The van der Waals surface area contributed by atoms with Crippen molar-refractivity contribution in [2.24, 2.45) is 0 Å². The Morgan fingerprint density at radius 1 is 1.19 bits per heavy atom. The largest absolute Gasteiger partial charge is 0.439 e. The van der Waals surface area contributed by atoms with Crippen molar-refractivity contribution in [1.29, 1.82) is 0 Å². The van der Waals surface area contributed by atoms with E-state index in [1.54, 1.807) is 12.1 Å². The fraction of sp³-hybridized carbons (Fsp3) is 0.154. The number of benzene rings is 1. The molecule has 0 amide bonds. The molecule has 2 rings (SSSR count). The summed E-state index contributed by atoms with van der Waals surface area (Å²) in [5, 5.41) is 8.95. The van der Waals surface area contributed by atoms with E-state index in [4.69, 9.17) is 9.84 Å². The highest BCUT2D eigenvalue weighted by atomic mass is 16.5. The fourth-order valence-corrected chi connectivity index (χ4v) is 1.40. The molecule has 3 heteroatoms. The van der Waals surface area contributed by atoms with Crippen molar-refractivity contribution in [3.05, 3.63) is 53.7 Å². The quantitative estimate of drug-likeness (QED) is 0.855. The van der Waals surface area contributed by atoms with E-state index in [0.717, 1.165) is 11.3 Å². The minimum Gasteiger partial charge on any atom is -0.439 e. The summed E-state index contributed by atoms with van der Waals surface area (Å²) in [6.07, 6.45) is 0. The molecule has 0 spiro atoms. The summed E-state index contributed by atoms with van der Waals surface area (Å²) in [5.41, 5.74) is 1.74. The molecule has 0 atom stereocenters. The number of aromatic nitrogens is 1. The number of pyridine rings is 1. The molecule has 3 nitrogen and oxygen atoms in total. The maximum absolute atomic E-state index is 8.95. The van der Waals surface area contributed by atoms with Crippen LogP contribution in [0.15, 0.2) is 42.5 Å². The van der Waals surface area contributed by atoms with Gasteiger partial charge in [0.2, 0.25) is 5.88 Å². The molecule has 1 N–H and O–H groups in total. The highest BCUT2D eigenvalue weighted by molar-refractivity contribution is 5.31. The van der Waals surface area contributed by atoms with Gasteiger partial charge in [-0.2, -0.15) is 0 Å². The lowest BCUT2D eigenvalue weighted by Gasteiger charge is -2.06. The number of aryl methyl sites for hydroxylation is 1. The number of hydrogen-bond donors (Lipinski definition) is 1. The molecule has 0 fully saturated rings. The van der Waals surface area contributed by atoms with Gasteiger partial charge in [0, 0.05) is 6.07 Å². The van der Waals surface area contributed by atoms with Crippen LogP contribution in [0.5, 0.6) is 11.6 Å². The normalized spacial score (nSPS) is 10.1. The molecule has 0 unspecified atom stereocenters. The van der Waals surface area contributed by atoms with Gasteiger partial charge in [0.15, 0.2) is 0 Å². The predicted molar refractivity (Wildman–Crippen MR) is 61.4 cm³/mol. The first-order chi connectivity index (χ1) is 7.78. The van der Waals surface area contributed by atoms with Gasteiger partial charge in [-0.3, -0.25) is 0 Å². The van der Waals surface area contributed by atoms with Crippen molar-refractivity contribution in [2.45, 2.75) is 13.5 Å². The van der Waals surface area contributed by atoms with Crippen LogP contribution in [0.4, 0.5) is 0 Å². The van der Waals surface area contributed by atoms with E-state index in [1.165, 1.54) is 0 Å². The number of ether oxygens (including phenoxy) is 1. The van der Waals surface area contributed by atoms with Crippen molar-refractivity contribution >= 4 is 0 Å². The summed E-state index contributed by atoms with van der Waals surface area (Å²) < 4.78 is 5.58. The van der Waals surface area contributed by atoms with E-state index in [9.17, 15) is 0 Å². The molecule has 82 valence electrons. The van der Waals surface area contributed by atoms with Gasteiger partial charge in [-0.1, -0.05) is 18.2 Å². The molecule has 1 aromatic heterocycles. The molecule has 16 heavy (non-hydrogen) atoms. The van der Waals surface area contributed by atoms with Crippen molar-refractivity contribution in [2.75, 3.05) is 0 Å². The van der Waals surface area contributed by atoms with E-state index >= 15 is 0 Å². The molecular formula is C13H13NO2. The van der Waals surface area contributed by atoms with E-state index < -0.39 is 0 Å². The second-order valence-electron chi connectivity index (χ2n) is 3.54. The SMILES string of the molecule is Cc1cccc(Oc2cccc(CO)n2)c1. The Kier molecular flexibility index (Phi) is 3.17. The molecule has 0 aliphatic carbocycles. The number of rotatable bonds is 3. The van der Waals surface area contributed by atoms with E-state index in [-0.39, 0.29) is 6.61 Å². The lowest BCUT2D eigenvalue weighted by molar-refractivity contribution is 0.275. The van der Waals surface area contributed by atoms with Crippen molar-refractivity contribution in [3.63, 3.8) is 0 Å². The first-order valence-electron chi connectivity index (χ1n) is 5.09. The highest BCUT2D eigenvalue weighted by Gasteiger charge is 1.99. The summed E-state index contributed by atoms with van der Waals surface area (Å²) in [5.74, 6) is 1.25. The zero-order valence-electron chi connectivity index (χ0n) is 9.05. The predicted octanol–water partition coefficient (Wildman–Crippen LogP) is 2.67. The maximum atomic E-state index is 8.95. The Labute approximate surface area is 94.3 Å². The highest BCUT2D eigenvalue weighted by Crippen LogP contribution is 2.20. The number of aliphatic hydroxyl groups excluding tert-OH is 1. The van der Waals surface area contributed by atoms with Crippen LogP contribution in [0, 0.1) is 6.92 Å². The van der Waals surface area contributed by atoms with Crippen LogP contribution in [0.2, 0.25) is 0 Å².